The number of nitrogens with one attached hydrogen (secondary N) is 1. The van der Waals surface area contributed by atoms with Gasteiger partial charge in [-0.3, -0.25) is 5.10 Å². The van der Waals surface area contributed by atoms with E-state index in [2.05, 4.69) is 63.7 Å². The van der Waals surface area contributed by atoms with Crippen molar-refractivity contribution in [2.75, 3.05) is 6.54 Å². The topological polar surface area (TPSA) is 72.5 Å². The first-order valence-corrected chi connectivity index (χ1v) is 8.22. The molecule has 0 aliphatic rings. The Bertz CT molecular complexity index is 925. The van der Waals surface area contributed by atoms with Gasteiger partial charge in [0.1, 0.15) is 0 Å². The summed E-state index contributed by atoms with van der Waals surface area (Å²) in [5, 5.41) is 6.85. The average Bonchev–Trinajstić information content (AvgIpc) is 3.37. The summed E-state index contributed by atoms with van der Waals surface area (Å²) in [6, 6.07) is 16.9. The Kier molecular flexibility index (Phi) is 4.14. The smallest absolute Gasteiger partial charge is 0.0991 e. The molecule has 2 heterocycles. The Morgan fingerprint density at radius 2 is 1.92 bits per heavy atom. The van der Waals surface area contributed by atoms with Crippen molar-refractivity contribution in [1.29, 1.82) is 0 Å². The molecule has 0 saturated carbocycles. The minimum atomic E-state index is 0.155. The van der Waals surface area contributed by atoms with Crippen LogP contribution in [0.2, 0.25) is 0 Å². The Labute approximate surface area is 146 Å². The van der Waals surface area contributed by atoms with Gasteiger partial charge in [0, 0.05) is 42.3 Å². The highest BCUT2D eigenvalue weighted by Gasteiger charge is 2.13. The lowest BCUT2D eigenvalue weighted by Crippen LogP contribution is -2.14. The summed E-state index contributed by atoms with van der Waals surface area (Å²) in [4.78, 5) is 4.12. The molecule has 124 valence electrons. The highest BCUT2D eigenvalue weighted by Crippen LogP contribution is 2.27. The van der Waals surface area contributed by atoms with Gasteiger partial charge in [0.2, 0.25) is 0 Å². The van der Waals surface area contributed by atoms with Gasteiger partial charge in [-0.1, -0.05) is 36.4 Å². The first-order valence-electron chi connectivity index (χ1n) is 8.22. The third-order valence-electron chi connectivity index (χ3n) is 4.46. The maximum atomic E-state index is 6.10. The van der Waals surface area contributed by atoms with Crippen LogP contribution in [0.3, 0.4) is 0 Å². The number of nitrogens with zero attached hydrogens (tertiary/aromatic N) is 3. The monoisotopic (exact) mass is 329 g/mol. The highest BCUT2D eigenvalue weighted by atomic mass is 15.1. The van der Waals surface area contributed by atoms with E-state index in [1.807, 2.05) is 23.2 Å². The molecular formula is C20H19N5. The van der Waals surface area contributed by atoms with Crippen LogP contribution in [0.25, 0.3) is 16.8 Å². The van der Waals surface area contributed by atoms with Crippen molar-refractivity contribution in [1.82, 2.24) is 19.7 Å². The van der Waals surface area contributed by atoms with E-state index in [-0.39, 0.29) is 5.92 Å². The van der Waals surface area contributed by atoms with Gasteiger partial charge in [-0.2, -0.15) is 5.10 Å². The van der Waals surface area contributed by atoms with Crippen LogP contribution >= 0.6 is 0 Å². The number of hydrogen-bond acceptors (Lipinski definition) is 3. The molecular weight excluding hydrogens is 310 g/mol. The van der Waals surface area contributed by atoms with E-state index in [4.69, 9.17) is 5.73 Å². The molecule has 2 aromatic heterocycles. The lowest BCUT2D eigenvalue weighted by Gasteiger charge is -2.17. The number of aromatic amines is 1. The molecule has 1 unspecified atom stereocenters. The number of aromatic nitrogens is 4. The lowest BCUT2D eigenvalue weighted by atomic mass is 9.90. The molecule has 5 heteroatoms. The van der Waals surface area contributed by atoms with E-state index in [1.165, 1.54) is 11.1 Å². The quantitative estimate of drug-likeness (QED) is 0.590. The maximum absolute atomic E-state index is 6.10. The second-order valence-corrected chi connectivity index (χ2v) is 5.96. The average molecular weight is 329 g/mol. The summed E-state index contributed by atoms with van der Waals surface area (Å²) >= 11 is 0. The van der Waals surface area contributed by atoms with Crippen molar-refractivity contribution in [3.63, 3.8) is 0 Å². The number of H-pyrrole nitrogens is 1. The third kappa shape index (κ3) is 3.09. The molecule has 0 radical (unpaired) electrons. The molecule has 0 saturated heterocycles. The molecule has 5 nitrogen and oxygen atoms in total. The van der Waals surface area contributed by atoms with Crippen LogP contribution in [-0.4, -0.2) is 26.3 Å². The molecule has 3 N–H and O–H groups in total. The van der Waals surface area contributed by atoms with E-state index >= 15 is 0 Å². The second kappa shape index (κ2) is 6.75. The lowest BCUT2D eigenvalue weighted by molar-refractivity contribution is 0.817. The Morgan fingerprint density at radius 1 is 1.04 bits per heavy atom. The molecule has 4 aromatic rings. The van der Waals surface area contributed by atoms with Crippen LogP contribution in [0.1, 0.15) is 17.0 Å². The minimum Gasteiger partial charge on any atom is -0.330 e. The van der Waals surface area contributed by atoms with E-state index in [9.17, 15) is 0 Å². The fourth-order valence-electron chi connectivity index (χ4n) is 3.10. The van der Waals surface area contributed by atoms with Crippen molar-refractivity contribution in [2.45, 2.75) is 5.92 Å². The van der Waals surface area contributed by atoms with Gasteiger partial charge in [0.15, 0.2) is 0 Å². The Morgan fingerprint density at radius 3 is 2.60 bits per heavy atom. The van der Waals surface area contributed by atoms with E-state index in [0.717, 1.165) is 16.8 Å². The van der Waals surface area contributed by atoms with E-state index in [1.54, 1.807) is 12.5 Å². The standard InChI is InChI=1S/C20H19N5/c21-11-20(16-6-4-15(5-7-16)18-12-23-24-13-18)17-2-1-3-19(10-17)25-9-8-22-14-25/h1-10,12-14,20H,11,21H2,(H,23,24). The van der Waals surface area contributed by atoms with E-state index in [0.29, 0.717) is 6.54 Å². The molecule has 0 bridgehead atoms. The summed E-state index contributed by atoms with van der Waals surface area (Å²) in [6.45, 7) is 0.554. The summed E-state index contributed by atoms with van der Waals surface area (Å²) < 4.78 is 2.00. The molecule has 0 spiro atoms. The summed E-state index contributed by atoms with van der Waals surface area (Å²) in [5.41, 5.74) is 11.8. The fraction of sp³-hybridized carbons (Fsp3) is 0.100. The zero-order valence-corrected chi connectivity index (χ0v) is 13.7. The van der Waals surface area contributed by atoms with Crippen molar-refractivity contribution in [3.05, 3.63) is 90.8 Å². The van der Waals surface area contributed by atoms with Crippen LogP contribution in [-0.2, 0) is 0 Å². The van der Waals surface area contributed by atoms with Gasteiger partial charge in [0.05, 0.1) is 12.5 Å². The van der Waals surface area contributed by atoms with E-state index < -0.39 is 0 Å². The predicted molar refractivity (Wildman–Crippen MR) is 98.5 cm³/mol. The molecule has 25 heavy (non-hydrogen) atoms. The number of imidazole rings is 1. The van der Waals surface area contributed by atoms with Gasteiger partial charge in [0.25, 0.3) is 0 Å². The van der Waals surface area contributed by atoms with Gasteiger partial charge < -0.3 is 10.3 Å². The van der Waals surface area contributed by atoms with Crippen LogP contribution < -0.4 is 5.73 Å². The van der Waals surface area contributed by atoms with Gasteiger partial charge >= 0.3 is 0 Å². The molecule has 2 aromatic carbocycles. The van der Waals surface area contributed by atoms with Crippen molar-refractivity contribution in [3.8, 4) is 16.8 Å². The Hall–Kier alpha value is -3.18. The molecule has 0 aliphatic heterocycles. The molecule has 4 rings (SSSR count). The van der Waals surface area contributed by atoms with Crippen molar-refractivity contribution < 1.29 is 0 Å². The largest absolute Gasteiger partial charge is 0.330 e. The molecule has 0 aliphatic carbocycles. The van der Waals surface area contributed by atoms with Gasteiger partial charge in [-0.15, -0.1) is 0 Å². The number of benzene rings is 2. The second-order valence-electron chi connectivity index (χ2n) is 5.96. The summed E-state index contributed by atoms with van der Waals surface area (Å²) in [7, 11) is 0. The summed E-state index contributed by atoms with van der Waals surface area (Å²) in [5.74, 6) is 0.155. The van der Waals surface area contributed by atoms with Gasteiger partial charge in [-0.25, -0.2) is 4.98 Å². The number of rotatable bonds is 5. The third-order valence-corrected chi connectivity index (χ3v) is 4.46. The maximum Gasteiger partial charge on any atom is 0.0991 e. The van der Waals surface area contributed by atoms with Crippen LogP contribution in [0.15, 0.2) is 79.6 Å². The first kappa shape index (κ1) is 15.4. The predicted octanol–water partition coefficient (Wildman–Crippen LogP) is 3.35. The zero-order chi connectivity index (χ0) is 17.1. The first-order chi connectivity index (χ1) is 12.3. The van der Waals surface area contributed by atoms with Crippen molar-refractivity contribution in [2.24, 2.45) is 5.73 Å². The van der Waals surface area contributed by atoms with Crippen LogP contribution in [0, 0.1) is 0 Å². The molecule has 1 atom stereocenters. The summed E-state index contributed by atoms with van der Waals surface area (Å²) in [6.07, 6.45) is 9.24. The highest BCUT2D eigenvalue weighted by molar-refractivity contribution is 5.62. The van der Waals surface area contributed by atoms with Gasteiger partial charge in [-0.05, 0) is 28.8 Å². The fourth-order valence-corrected chi connectivity index (χ4v) is 3.10. The molecule has 0 amide bonds. The normalized spacial score (nSPS) is 12.2. The molecule has 0 fully saturated rings. The zero-order valence-electron chi connectivity index (χ0n) is 13.7. The van der Waals surface area contributed by atoms with Crippen LogP contribution in [0.4, 0.5) is 0 Å². The number of nitrogens with two attached hydrogens (primary N) is 1. The van der Waals surface area contributed by atoms with Crippen molar-refractivity contribution >= 4 is 0 Å². The minimum absolute atomic E-state index is 0.155. The SMILES string of the molecule is NCC(c1ccc(-c2cn[nH]c2)cc1)c1cccc(-n2ccnc2)c1. The Balaban J connectivity index is 1.65. The van der Waals surface area contributed by atoms with Crippen LogP contribution in [0.5, 0.6) is 0 Å². The number of hydrogen-bond donors (Lipinski definition) is 2.